The third-order valence-electron chi connectivity index (χ3n) is 5.22. The molecule has 0 aromatic carbocycles. The van der Waals surface area contributed by atoms with Gasteiger partial charge in [-0.3, -0.25) is 9.59 Å². The monoisotopic (exact) mass is 476 g/mol. The Kier molecular flexibility index (Phi) is 12.2. The first-order chi connectivity index (χ1) is 14.0. The first-order valence-electron chi connectivity index (χ1n) is 11.5. The minimum absolute atomic E-state index is 0.0934. The van der Waals surface area contributed by atoms with Gasteiger partial charge in [-0.05, 0) is 92.2 Å². The number of carbonyl (C=O) groups excluding carboxylic acids is 2. The minimum atomic E-state index is -1.65. The normalized spacial score (nSPS) is 15.8. The van der Waals surface area contributed by atoms with E-state index in [1.165, 1.54) is 7.11 Å². The summed E-state index contributed by atoms with van der Waals surface area (Å²) in [6.45, 7) is 21.6. The van der Waals surface area contributed by atoms with Gasteiger partial charge in [-0.25, -0.2) is 0 Å². The zero-order valence-corrected chi connectivity index (χ0v) is 24.0. The van der Waals surface area contributed by atoms with Crippen LogP contribution in [0.2, 0.25) is 39.3 Å². The average Bonchev–Trinajstić information content (AvgIpc) is 2.62. The van der Waals surface area contributed by atoms with Crippen LogP contribution in [-0.4, -0.2) is 55.0 Å². The first-order valence-corrected chi connectivity index (χ1v) is 18.3. The molecule has 0 saturated heterocycles. The molecule has 0 aliphatic carbocycles. The summed E-state index contributed by atoms with van der Waals surface area (Å²) in [4.78, 5) is 24.8. The predicted octanol–water partition coefficient (Wildman–Crippen LogP) is 5.78. The smallest absolute Gasteiger partial charge is 0.311 e. The molecule has 0 aliphatic heterocycles. The molecule has 8 heteroatoms. The molecule has 0 radical (unpaired) electrons. The lowest BCUT2D eigenvalue weighted by Gasteiger charge is -2.33. The van der Waals surface area contributed by atoms with Crippen molar-refractivity contribution in [3.8, 4) is 0 Å². The average molecular weight is 477 g/mol. The fourth-order valence-corrected chi connectivity index (χ4v) is 5.36. The van der Waals surface area contributed by atoms with Gasteiger partial charge in [-0.15, -0.1) is 0 Å². The second kappa shape index (κ2) is 12.5. The zero-order valence-electron chi connectivity index (χ0n) is 22.0. The highest BCUT2D eigenvalue weighted by molar-refractivity contribution is 6.70. The maximum absolute atomic E-state index is 12.7. The van der Waals surface area contributed by atoms with Crippen molar-refractivity contribution in [3.05, 3.63) is 0 Å². The van der Waals surface area contributed by atoms with Gasteiger partial charge in [0, 0.05) is 0 Å². The summed E-state index contributed by atoms with van der Waals surface area (Å²) in [5, 5.41) is 0. The summed E-state index contributed by atoms with van der Waals surface area (Å²) in [6.07, 6.45) is 3.67. The van der Waals surface area contributed by atoms with Crippen molar-refractivity contribution in [2.24, 2.45) is 10.8 Å². The van der Waals surface area contributed by atoms with Gasteiger partial charge in [0.2, 0.25) is 0 Å². The lowest BCUT2D eigenvalue weighted by molar-refractivity contribution is -0.161. The van der Waals surface area contributed by atoms with E-state index < -0.39 is 27.5 Å². The molecule has 0 aromatic heterocycles. The van der Waals surface area contributed by atoms with Crippen LogP contribution in [0, 0.1) is 10.8 Å². The molecule has 31 heavy (non-hydrogen) atoms. The highest BCUT2D eigenvalue weighted by atomic mass is 28.4. The Morgan fingerprint density at radius 3 is 1.94 bits per heavy atom. The molecule has 6 nitrogen and oxygen atoms in total. The summed E-state index contributed by atoms with van der Waals surface area (Å²) >= 11 is 0. The van der Waals surface area contributed by atoms with Crippen LogP contribution in [0.4, 0.5) is 0 Å². The van der Waals surface area contributed by atoms with Gasteiger partial charge in [-0.2, -0.15) is 0 Å². The minimum Gasteiger partial charge on any atom is -0.469 e. The molecule has 0 spiro atoms. The summed E-state index contributed by atoms with van der Waals surface area (Å²) in [7, 11) is -1.86. The molecule has 0 fully saturated rings. The second-order valence-corrected chi connectivity index (χ2v) is 20.3. The maximum atomic E-state index is 12.7. The van der Waals surface area contributed by atoms with E-state index in [1.54, 1.807) is 0 Å². The van der Waals surface area contributed by atoms with Gasteiger partial charge in [0.15, 0.2) is 16.6 Å². The Morgan fingerprint density at radius 1 is 0.903 bits per heavy atom. The van der Waals surface area contributed by atoms with Gasteiger partial charge >= 0.3 is 11.9 Å². The molecule has 0 bridgehead atoms. The third kappa shape index (κ3) is 12.8. The number of carbonyl (C=O) groups is 2. The van der Waals surface area contributed by atoms with Gasteiger partial charge in [0.1, 0.15) is 0 Å². The van der Waals surface area contributed by atoms with E-state index in [-0.39, 0.29) is 18.0 Å². The van der Waals surface area contributed by atoms with Crippen molar-refractivity contribution < 1.29 is 27.9 Å². The number of esters is 2. The van der Waals surface area contributed by atoms with E-state index in [9.17, 15) is 9.59 Å². The Bertz CT molecular complexity index is 565. The van der Waals surface area contributed by atoms with Gasteiger partial charge < -0.3 is 18.3 Å². The van der Waals surface area contributed by atoms with Crippen molar-refractivity contribution in [2.45, 2.75) is 105 Å². The number of hydrogen-bond donors (Lipinski definition) is 0. The molecule has 0 amide bonds. The Balaban J connectivity index is 4.60. The topological polar surface area (TPSA) is 71.1 Å². The zero-order chi connectivity index (χ0) is 24.5. The van der Waals surface area contributed by atoms with Crippen LogP contribution in [-0.2, 0) is 27.9 Å². The molecular weight excluding hydrogens is 428 g/mol. The van der Waals surface area contributed by atoms with Crippen LogP contribution in [0.1, 0.15) is 59.8 Å². The number of hydrogen-bond acceptors (Lipinski definition) is 6. The molecule has 2 unspecified atom stereocenters. The molecule has 0 saturated carbocycles. The molecular formula is C23H48O6Si2. The van der Waals surface area contributed by atoms with Crippen molar-refractivity contribution in [1.82, 2.24) is 0 Å². The fourth-order valence-electron chi connectivity index (χ4n) is 3.49. The van der Waals surface area contributed by atoms with Crippen LogP contribution in [0.3, 0.4) is 0 Å². The molecule has 0 aliphatic rings. The van der Waals surface area contributed by atoms with Gasteiger partial charge in [-0.1, -0.05) is 6.92 Å². The standard InChI is InChI=1S/C23H48O6Si2/c1-12-23(4,21(25)26-5)18-22(2,3)20(24)27-16-14-13-15-19(29-31(9,10)11)17-28-30(6,7)8/h19H,12-18H2,1-11H3. The molecule has 0 rings (SSSR count). The molecule has 0 N–H and O–H groups in total. The Hall–Kier alpha value is -0.706. The second-order valence-electron chi connectivity index (χ2n) is 11.4. The van der Waals surface area contributed by atoms with Crippen LogP contribution in [0.15, 0.2) is 0 Å². The molecule has 0 aromatic rings. The largest absolute Gasteiger partial charge is 0.469 e. The first kappa shape index (κ1) is 30.3. The lowest BCUT2D eigenvalue weighted by atomic mass is 9.72. The van der Waals surface area contributed by atoms with Crippen molar-refractivity contribution >= 4 is 28.6 Å². The number of ether oxygens (including phenoxy) is 2. The van der Waals surface area contributed by atoms with Crippen LogP contribution in [0.25, 0.3) is 0 Å². The van der Waals surface area contributed by atoms with Gasteiger partial charge in [0.05, 0.1) is 37.3 Å². The van der Waals surface area contributed by atoms with Crippen LogP contribution >= 0.6 is 0 Å². The quantitative estimate of drug-likeness (QED) is 0.169. The summed E-state index contributed by atoms with van der Waals surface area (Å²) in [6, 6.07) is 0. The molecule has 0 heterocycles. The van der Waals surface area contributed by atoms with E-state index in [1.807, 2.05) is 27.7 Å². The SMILES string of the molecule is CCC(C)(CC(C)(C)C(=O)OCCCCC(CO[Si](C)(C)C)O[Si](C)(C)C)C(=O)OC. The summed E-state index contributed by atoms with van der Waals surface area (Å²) < 4.78 is 22.9. The number of unbranched alkanes of at least 4 members (excludes halogenated alkanes) is 1. The summed E-state index contributed by atoms with van der Waals surface area (Å²) in [5.41, 5.74) is -1.46. The maximum Gasteiger partial charge on any atom is 0.311 e. The number of methoxy groups -OCH3 is 1. The highest BCUT2D eigenvalue weighted by Gasteiger charge is 2.42. The van der Waals surface area contributed by atoms with Crippen molar-refractivity contribution in [3.63, 3.8) is 0 Å². The van der Waals surface area contributed by atoms with Crippen molar-refractivity contribution in [1.29, 1.82) is 0 Å². The van der Waals surface area contributed by atoms with E-state index in [2.05, 4.69) is 39.3 Å². The van der Waals surface area contributed by atoms with E-state index in [0.29, 0.717) is 26.1 Å². The van der Waals surface area contributed by atoms with Crippen LogP contribution < -0.4 is 0 Å². The fraction of sp³-hybridized carbons (Fsp3) is 0.913. The third-order valence-corrected chi connectivity index (χ3v) is 7.29. The molecule has 2 atom stereocenters. The number of rotatable bonds is 15. The van der Waals surface area contributed by atoms with E-state index >= 15 is 0 Å². The molecule has 184 valence electrons. The van der Waals surface area contributed by atoms with E-state index in [0.717, 1.165) is 19.3 Å². The highest BCUT2D eigenvalue weighted by Crippen LogP contribution is 2.38. The Labute approximate surface area is 193 Å². The predicted molar refractivity (Wildman–Crippen MR) is 131 cm³/mol. The lowest BCUT2D eigenvalue weighted by Crippen LogP contribution is -2.38. The van der Waals surface area contributed by atoms with Crippen LogP contribution in [0.5, 0.6) is 0 Å². The Morgan fingerprint density at radius 2 is 1.48 bits per heavy atom. The van der Waals surface area contributed by atoms with Crippen molar-refractivity contribution in [2.75, 3.05) is 20.3 Å². The van der Waals surface area contributed by atoms with E-state index in [4.69, 9.17) is 18.3 Å². The van der Waals surface area contributed by atoms with Gasteiger partial charge in [0.25, 0.3) is 0 Å². The summed E-state index contributed by atoms with van der Waals surface area (Å²) in [5.74, 6) is -0.558.